The first-order valence-corrected chi connectivity index (χ1v) is 7.00. The van der Waals surface area contributed by atoms with Gasteiger partial charge in [-0.2, -0.15) is 0 Å². The lowest BCUT2D eigenvalue weighted by atomic mass is 9.95. The molecule has 1 aromatic carbocycles. The Kier molecular flexibility index (Phi) is 5.82. The van der Waals surface area contributed by atoms with E-state index < -0.39 is 5.97 Å². The quantitative estimate of drug-likeness (QED) is 0.838. The van der Waals surface area contributed by atoms with E-state index in [1.807, 2.05) is 12.1 Å². The Balaban J connectivity index is 3.10. The van der Waals surface area contributed by atoms with Gasteiger partial charge in [0.1, 0.15) is 5.75 Å². The van der Waals surface area contributed by atoms with Crippen molar-refractivity contribution in [3.05, 3.63) is 27.7 Å². The highest BCUT2D eigenvalue weighted by Crippen LogP contribution is 2.36. The first-order chi connectivity index (χ1) is 8.86. The van der Waals surface area contributed by atoms with Crippen molar-refractivity contribution in [1.82, 2.24) is 0 Å². The molecule has 106 valence electrons. The molecule has 0 aliphatic heterocycles. The summed E-state index contributed by atoms with van der Waals surface area (Å²) in [4.78, 5) is 10.6. The van der Waals surface area contributed by atoms with Gasteiger partial charge in [0.05, 0.1) is 11.6 Å². The fourth-order valence-corrected chi connectivity index (χ4v) is 2.51. The zero-order chi connectivity index (χ0) is 14.6. The van der Waals surface area contributed by atoms with Crippen LogP contribution >= 0.6 is 15.9 Å². The molecule has 19 heavy (non-hydrogen) atoms. The van der Waals surface area contributed by atoms with Crippen LogP contribution in [0, 0.1) is 0 Å². The van der Waals surface area contributed by atoms with E-state index in [1.165, 1.54) is 0 Å². The zero-order valence-corrected chi connectivity index (χ0v) is 13.0. The zero-order valence-electron chi connectivity index (χ0n) is 11.4. The molecule has 0 amide bonds. The van der Waals surface area contributed by atoms with Crippen LogP contribution in [-0.2, 0) is 4.79 Å². The molecule has 4 nitrogen and oxygen atoms in total. The summed E-state index contributed by atoms with van der Waals surface area (Å²) in [6, 6.07) is 3.67. The number of carboxylic acids is 1. The molecule has 0 radical (unpaired) electrons. The first kappa shape index (κ1) is 16.0. The Morgan fingerprint density at radius 3 is 2.58 bits per heavy atom. The van der Waals surface area contributed by atoms with Crippen LogP contribution in [0.15, 0.2) is 16.6 Å². The van der Waals surface area contributed by atoms with Crippen molar-refractivity contribution in [1.29, 1.82) is 0 Å². The molecule has 5 heteroatoms. The van der Waals surface area contributed by atoms with Crippen LogP contribution in [0.25, 0.3) is 0 Å². The Hall–Kier alpha value is -1.07. The van der Waals surface area contributed by atoms with E-state index in [2.05, 4.69) is 29.8 Å². The molecule has 0 aliphatic carbocycles. The summed E-state index contributed by atoms with van der Waals surface area (Å²) >= 11 is 3.48. The summed E-state index contributed by atoms with van der Waals surface area (Å²) in [6.07, 6.45) is 0.459. The number of aliphatic carboxylic acids is 1. The van der Waals surface area contributed by atoms with Gasteiger partial charge in [-0.15, -0.1) is 0 Å². The number of benzene rings is 1. The molecule has 3 N–H and O–H groups in total. The number of nitrogens with two attached hydrogens (primary N) is 1. The third-order valence-corrected chi connectivity index (χ3v) is 3.89. The Morgan fingerprint density at radius 1 is 1.47 bits per heavy atom. The minimum atomic E-state index is -0.835. The van der Waals surface area contributed by atoms with E-state index in [0.29, 0.717) is 12.3 Å². The van der Waals surface area contributed by atoms with Crippen LogP contribution < -0.4 is 10.5 Å². The number of methoxy groups -OCH3 is 1. The number of carbonyl (C=O) groups is 1. The smallest absolute Gasteiger partial charge is 0.303 e. The molecule has 1 unspecified atom stereocenters. The maximum Gasteiger partial charge on any atom is 0.303 e. The molecule has 1 aromatic rings. The summed E-state index contributed by atoms with van der Waals surface area (Å²) < 4.78 is 6.14. The van der Waals surface area contributed by atoms with E-state index in [0.717, 1.165) is 21.3 Å². The molecular weight excluding hydrogens is 310 g/mol. The van der Waals surface area contributed by atoms with Crippen LogP contribution in [0.1, 0.15) is 49.8 Å². The van der Waals surface area contributed by atoms with Crippen molar-refractivity contribution in [2.45, 2.75) is 38.6 Å². The van der Waals surface area contributed by atoms with E-state index in [1.54, 1.807) is 7.11 Å². The van der Waals surface area contributed by atoms with Gasteiger partial charge in [-0.3, -0.25) is 4.79 Å². The molecule has 0 saturated carbocycles. The van der Waals surface area contributed by atoms with Crippen molar-refractivity contribution in [2.75, 3.05) is 7.11 Å². The van der Waals surface area contributed by atoms with Crippen molar-refractivity contribution < 1.29 is 14.6 Å². The molecule has 0 aromatic heterocycles. The topological polar surface area (TPSA) is 72.5 Å². The largest absolute Gasteiger partial charge is 0.496 e. The van der Waals surface area contributed by atoms with Crippen molar-refractivity contribution in [3.8, 4) is 5.75 Å². The molecule has 0 bridgehead atoms. The minimum Gasteiger partial charge on any atom is -0.496 e. The monoisotopic (exact) mass is 329 g/mol. The second-order valence-electron chi connectivity index (χ2n) is 4.82. The second-order valence-corrected chi connectivity index (χ2v) is 5.61. The Morgan fingerprint density at radius 2 is 2.11 bits per heavy atom. The van der Waals surface area contributed by atoms with Crippen LogP contribution in [-0.4, -0.2) is 18.2 Å². The minimum absolute atomic E-state index is 0.0574. The first-order valence-electron chi connectivity index (χ1n) is 6.21. The summed E-state index contributed by atoms with van der Waals surface area (Å²) in [5.74, 6) is 0.248. The Labute approximate surface area is 122 Å². The lowest BCUT2D eigenvalue weighted by Crippen LogP contribution is -2.14. The van der Waals surface area contributed by atoms with Crippen LogP contribution in [0.4, 0.5) is 0 Å². The highest BCUT2D eigenvalue weighted by atomic mass is 79.9. The van der Waals surface area contributed by atoms with E-state index in [9.17, 15) is 4.79 Å². The second kappa shape index (κ2) is 6.91. The fourth-order valence-electron chi connectivity index (χ4n) is 1.83. The van der Waals surface area contributed by atoms with Gasteiger partial charge in [-0.1, -0.05) is 19.9 Å². The molecule has 0 saturated heterocycles. The van der Waals surface area contributed by atoms with E-state index >= 15 is 0 Å². The van der Waals surface area contributed by atoms with Gasteiger partial charge >= 0.3 is 5.97 Å². The number of carboxylic acid groups (broad SMARTS) is 1. The third kappa shape index (κ3) is 4.21. The van der Waals surface area contributed by atoms with Gasteiger partial charge in [0.15, 0.2) is 0 Å². The maximum absolute atomic E-state index is 10.6. The number of hydrogen-bond donors (Lipinski definition) is 2. The standard InChI is InChI=1S/C14H20BrNO3/c1-8(2)9-6-10(11(16)4-5-13(17)18)14(15)12(7-9)19-3/h6-8,11H,4-5,16H2,1-3H3,(H,17,18). The summed E-state index contributed by atoms with van der Waals surface area (Å²) in [6.45, 7) is 4.18. The van der Waals surface area contributed by atoms with Gasteiger partial charge in [0, 0.05) is 12.5 Å². The van der Waals surface area contributed by atoms with Gasteiger partial charge < -0.3 is 15.6 Å². The highest BCUT2D eigenvalue weighted by Gasteiger charge is 2.17. The average Bonchev–Trinajstić information content (AvgIpc) is 2.35. The van der Waals surface area contributed by atoms with Crippen LogP contribution in [0.3, 0.4) is 0 Å². The average molecular weight is 330 g/mol. The summed E-state index contributed by atoms with van der Waals surface area (Å²) in [7, 11) is 1.61. The third-order valence-electron chi connectivity index (χ3n) is 3.04. The van der Waals surface area contributed by atoms with Crippen molar-refractivity contribution in [2.24, 2.45) is 5.73 Å². The molecule has 0 spiro atoms. The molecular formula is C14H20BrNO3. The molecule has 0 aliphatic rings. The molecule has 1 atom stereocenters. The van der Waals surface area contributed by atoms with Gasteiger partial charge in [0.25, 0.3) is 0 Å². The SMILES string of the molecule is COc1cc(C(C)C)cc(C(N)CCC(=O)O)c1Br. The van der Waals surface area contributed by atoms with Crippen molar-refractivity contribution in [3.63, 3.8) is 0 Å². The number of halogens is 1. The number of rotatable bonds is 6. The molecule has 0 heterocycles. The highest BCUT2D eigenvalue weighted by molar-refractivity contribution is 9.10. The lowest BCUT2D eigenvalue weighted by molar-refractivity contribution is -0.137. The van der Waals surface area contributed by atoms with Gasteiger partial charge in [-0.05, 0) is 45.5 Å². The van der Waals surface area contributed by atoms with Crippen LogP contribution in [0.5, 0.6) is 5.75 Å². The van der Waals surface area contributed by atoms with Gasteiger partial charge in [-0.25, -0.2) is 0 Å². The Bertz CT molecular complexity index is 460. The van der Waals surface area contributed by atoms with Crippen molar-refractivity contribution >= 4 is 21.9 Å². The lowest BCUT2D eigenvalue weighted by Gasteiger charge is -2.18. The maximum atomic E-state index is 10.6. The normalized spacial score (nSPS) is 12.5. The predicted octanol–water partition coefficient (Wildman–Crippen LogP) is 3.45. The van der Waals surface area contributed by atoms with Gasteiger partial charge in [0.2, 0.25) is 0 Å². The fraction of sp³-hybridized carbons (Fsp3) is 0.500. The van der Waals surface area contributed by atoms with E-state index in [4.69, 9.17) is 15.6 Å². The number of ether oxygens (including phenoxy) is 1. The summed E-state index contributed by atoms with van der Waals surface area (Å²) in [5, 5.41) is 8.73. The van der Waals surface area contributed by atoms with Crippen LogP contribution in [0.2, 0.25) is 0 Å². The summed E-state index contributed by atoms with van der Waals surface area (Å²) in [5.41, 5.74) is 8.11. The molecule has 0 fully saturated rings. The molecule has 1 rings (SSSR count). The van der Waals surface area contributed by atoms with E-state index in [-0.39, 0.29) is 12.5 Å². The number of hydrogen-bond acceptors (Lipinski definition) is 3. The predicted molar refractivity (Wildman–Crippen MR) is 78.6 cm³/mol.